The first-order chi connectivity index (χ1) is 11.4. The molecule has 0 amide bonds. The highest BCUT2D eigenvalue weighted by Crippen LogP contribution is 2.19. The van der Waals surface area contributed by atoms with Crippen LogP contribution in [0.15, 0.2) is 58.1 Å². The van der Waals surface area contributed by atoms with Gasteiger partial charge in [0, 0.05) is 6.07 Å². The number of furan rings is 1. The molecule has 0 bridgehead atoms. The maximum Gasteiger partial charge on any atom is 0.264 e. The second-order valence-corrected chi connectivity index (χ2v) is 4.56. The van der Waals surface area contributed by atoms with Crippen LogP contribution in [0.25, 0.3) is 17.1 Å². The molecule has 3 aromatic heterocycles. The number of ether oxygens (including phenoxy) is 1. The quantitative estimate of drug-likeness (QED) is 0.550. The fraction of sp³-hybridized carbons (Fsp3) is 0.0714. The van der Waals surface area contributed by atoms with E-state index in [9.17, 15) is 0 Å². The van der Waals surface area contributed by atoms with Gasteiger partial charge in [-0.25, -0.2) is 4.68 Å². The predicted molar refractivity (Wildman–Crippen MR) is 75.5 cm³/mol. The van der Waals surface area contributed by atoms with Crippen LogP contribution in [0, 0.1) is 0 Å². The van der Waals surface area contributed by atoms with E-state index in [2.05, 4.69) is 25.7 Å². The highest BCUT2D eigenvalue weighted by Gasteiger charge is 2.10. The summed E-state index contributed by atoms with van der Waals surface area (Å²) < 4.78 is 17.3. The zero-order valence-electron chi connectivity index (χ0n) is 11.7. The molecule has 3 heterocycles. The lowest BCUT2D eigenvalue weighted by molar-refractivity contribution is 0.243. The normalized spacial score (nSPS) is 10.8. The van der Waals surface area contributed by atoms with Crippen molar-refractivity contribution in [3.05, 3.63) is 55.1 Å². The van der Waals surface area contributed by atoms with Crippen molar-refractivity contribution in [2.24, 2.45) is 0 Å². The van der Waals surface area contributed by atoms with E-state index in [0.29, 0.717) is 17.5 Å². The van der Waals surface area contributed by atoms with Crippen LogP contribution in [0.1, 0.15) is 5.89 Å². The molecule has 0 unspecified atom stereocenters. The van der Waals surface area contributed by atoms with Crippen LogP contribution in [0.2, 0.25) is 0 Å². The standard InChI is InChI=1S/C14H10N6O3/c1-2-11(20-9-15-18-19-20)6-12(3-1)22-8-13-16-14(17-23-13)10-4-5-21-7-10/h1-7,9H,8H2. The molecule has 114 valence electrons. The highest BCUT2D eigenvalue weighted by molar-refractivity contribution is 5.51. The molecule has 23 heavy (non-hydrogen) atoms. The molecule has 0 aliphatic heterocycles. The van der Waals surface area contributed by atoms with Crippen LogP contribution in [0.4, 0.5) is 0 Å². The van der Waals surface area contributed by atoms with Crippen molar-refractivity contribution >= 4 is 0 Å². The summed E-state index contributed by atoms with van der Waals surface area (Å²) in [5, 5.41) is 14.9. The summed E-state index contributed by atoms with van der Waals surface area (Å²) in [6.07, 6.45) is 4.60. The number of hydrogen-bond donors (Lipinski definition) is 0. The molecule has 9 nitrogen and oxygen atoms in total. The Morgan fingerprint density at radius 2 is 2.22 bits per heavy atom. The van der Waals surface area contributed by atoms with Crippen molar-refractivity contribution in [3.63, 3.8) is 0 Å². The second-order valence-electron chi connectivity index (χ2n) is 4.56. The van der Waals surface area contributed by atoms with Crippen LogP contribution < -0.4 is 4.74 Å². The Bertz CT molecular complexity index is 885. The minimum absolute atomic E-state index is 0.157. The van der Waals surface area contributed by atoms with Crippen LogP contribution in [-0.4, -0.2) is 30.3 Å². The third-order valence-electron chi connectivity index (χ3n) is 3.04. The molecule has 0 atom stereocenters. The summed E-state index contributed by atoms with van der Waals surface area (Å²) in [6.45, 7) is 0.157. The van der Waals surface area contributed by atoms with Gasteiger partial charge in [-0.15, -0.1) is 5.10 Å². The number of aromatic nitrogens is 6. The van der Waals surface area contributed by atoms with Crippen LogP contribution in [-0.2, 0) is 6.61 Å². The molecule has 0 aliphatic rings. The fourth-order valence-corrected chi connectivity index (χ4v) is 1.96. The third-order valence-corrected chi connectivity index (χ3v) is 3.04. The van der Waals surface area contributed by atoms with Gasteiger partial charge in [-0.2, -0.15) is 4.98 Å². The van der Waals surface area contributed by atoms with Crippen LogP contribution >= 0.6 is 0 Å². The summed E-state index contributed by atoms with van der Waals surface area (Å²) >= 11 is 0. The van der Waals surface area contributed by atoms with Crippen molar-refractivity contribution in [3.8, 4) is 22.8 Å². The van der Waals surface area contributed by atoms with Gasteiger partial charge in [0.25, 0.3) is 5.89 Å². The predicted octanol–water partition coefficient (Wildman–Crippen LogP) is 1.88. The minimum atomic E-state index is 0.157. The smallest absolute Gasteiger partial charge is 0.264 e. The van der Waals surface area contributed by atoms with Crippen molar-refractivity contribution in [1.29, 1.82) is 0 Å². The van der Waals surface area contributed by atoms with E-state index in [1.165, 1.54) is 11.0 Å². The summed E-state index contributed by atoms with van der Waals surface area (Å²) in [5.74, 6) is 1.47. The summed E-state index contributed by atoms with van der Waals surface area (Å²) in [7, 11) is 0. The van der Waals surface area contributed by atoms with Gasteiger partial charge in [0.15, 0.2) is 6.61 Å². The monoisotopic (exact) mass is 310 g/mol. The molecule has 0 saturated carbocycles. The number of tetrazole rings is 1. The van der Waals surface area contributed by atoms with Crippen molar-refractivity contribution < 1.29 is 13.7 Å². The van der Waals surface area contributed by atoms with E-state index in [4.69, 9.17) is 13.7 Å². The second kappa shape index (κ2) is 5.72. The zero-order valence-corrected chi connectivity index (χ0v) is 11.7. The van der Waals surface area contributed by atoms with E-state index in [1.807, 2.05) is 24.3 Å². The fourth-order valence-electron chi connectivity index (χ4n) is 1.96. The van der Waals surface area contributed by atoms with Gasteiger partial charge in [0.05, 0.1) is 17.5 Å². The Morgan fingerprint density at radius 3 is 3.04 bits per heavy atom. The van der Waals surface area contributed by atoms with Crippen LogP contribution in [0.3, 0.4) is 0 Å². The minimum Gasteiger partial charge on any atom is -0.484 e. The topological polar surface area (TPSA) is 105 Å². The maximum absolute atomic E-state index is 5.66. The average molecular weight is 310 g/mol. The Balaban J connectivity index is 1.46. The molecule has 0 N–H and O–H groups in total. The van der Waals surface area contributed by atoms with E-state index in [1.54, 1.807) is 18.6 Å². The largest absolute Gasteiger partial charge is 0.484 e. The molecular weight excluding hydrogens is 300 g/mol. The number of rotatable bonds is 5. The zero-order chi connectivity index (χ0) is 15.5. The SMILES string of the molecule is c1cc(OCc2nc(-c3ccoc3)no2)cc(-n2cnnn2)c1. The summed E-state index contributed by atoms with van der Waals surface area (Å²) in [5.41, 5.74) is 1.54. The van der Waals surface area contributed by atoms with Gasteiger partial charge < -0.3 is 13.7 Å². The Labute approximate surface area is 129 Å². The molecule has 0 fully saturated rings. The van der Waals surface area contributed by atoms with E-state index >= 15 is 0 Å². The van der Waals surface area contributed by atoms with Crippen molar-refractivity contribution in [2.75, 3.05) is 0 Å². The summed E-state index contributed by atoms with van der Waals surface area (Å²) in [6, 6.07) is 9.10. The van der Waals surface area contributed by atoms with Gasteiger partial charge in [-0.3, -0.25) is 0 Å². The lowest BCUT2D eigenvalue weighted by atomic mass is 10.3. The molecule has 0 saturated heterocycles. The first-order valence-corrected chi connectivity index (χ1v) is 6.70. The molecule has 9 heteroatoms. The van der Waals surface area contributed by atoms with Gasteiger partial charge in [0.2, 0.25) is 5.82 Å². The molecule has 0 spiro atoms. The molecular formula is C14H10N6O3. The van der Waals surface area contributed by atoms with Crippen molar-refractivity contribution in [2.45, 2.75) is 6.61 Å². The number of nitrogens with zero attached hydrogens (tertiary/aromatic N) is 6. The maximum atomic E-state index is 5.66. The molecule has 0 radical (unpaired) electrons. The van der Waals surface area contributed by atoms with E-state index < -0.39 is 0 Å². The third kappa shape index (κ3) is 2.79. The molecule has 0 aliphatic carbocycles. The van der Waals surface area contributed by atoms with Gasteiger partial charge >= 0.3 is 0 Å². The molecule has 4 rings (SSSR count). The van der Waals surface area contributed by atoms with Gasteiger partial charge in [-0.1, -0.05) is 11.2 Å². The molecule has 4 aromatic rings. The van der Waals surface area contributed by atoms with Crippen molar-refractivity contribution in [1.82, 2.24) is 30.3 Å². The van der Waals surface area contributed by atoms with E-state index in [0.717, 1.165) is 11.3 Å². The Morgan fingerprint density at radius 1 is 1.22 bits per heavy atom. The van der Waals surface area contributed by atoms with E-state index in [-0.39, 0.29) is 6.61 Å². The average Bonchev–Trinajstić information content (AvgIpc) is 3.35. The lowest BCUT2D eigenvalue weighted by Gasteiger charge is -2.05. The van der Waals surface area contributed by atoms with Gasteiger partial charge in [-0.05, 0) is 28.6 Å². The summed E-state index contributed by atoms with van der Waals surface area (Å²) in [4.78, 5) is 4.24. The highest BCUT2D eigenvalue weighted by atomic mass is 16.5. The van der Waals surface area contributed by atoms with Crippen LogP contribution in [0.5, 0.6) is 5.75 Å². The first-order valence-electron chi connectivity index (χ1n) is 6.70. The number of benzene rings is 1. The first kappa shape index (κ1) is 13.2. The Hall–Kier alpha value is -3.49. The lowest BCUT2D eigenvalue weighted by Crippen LogP contribution is -1.98. The van der Waals surface area contributed by atoms with Gasteiger partial charge in [0.1, 0.15) is 18.3 Å². The number of hydrogen-bond acceptors (Lipinski definition) is 8. The Kier molecular flexibility index (Phi) is 3.28. The molecule has 1 aromatic carbocycles.